The summed E-state index contributed by atoms with van der Waals surface area (Å²) < 4.78 is 63.4. The highest BCUT2D eigenvalue weighted by atomic mass is 19.4. The van der Waals surface area contributed by atoms with Gasteiger partial charge in [0.25, 0.3) is 5.91 Å². The van der Waals surface area contributed by atoms with Crippen molar-refractivity contribution in [3.63, 3.8) is 0 Å². The Morgan fingerprint density at radius 2 is 1.52 bits per heavy atom. The molecular formula is C25H23F4NO3. The topological polar surface area (TPSA) is 38.8 Å². The number of carbonyl (C=O) groups excluding carboxylic acids is 1. The molecule has 174 valence electrons. The first kappa shape index (κ1) is 24.1. The lowest BCUT2D eigenvalue weighted by molar-refractivity contribution is -0.137. The molecule has 0 saturated heterocycles. The second kappa shape index (κ2) is 10.4. The molecule has 0 radical (unpaired) electrons. The van der Waals surface area contributed by atoms with Crippen LogP contribution in [0.3, 0.4) is 0 Å². The van der Waals surface area contributed by atoms with Crippen molar-refractivity contribution >= 4 is 5.91 Å². The van der Waals surface area contributed by atoms with E-state index in [1.807, 2.05) is 6.07 Å². The number of halogens is 4. The average molecular weight is 461 g/mol. The first-order valence-corrected chi connectivity index (χ1v) is 10.1. The van der Waals surface area contributed by atoms with Gasteiger partial charge in [0.05, 0.1) is 25.3 Å². The Morgan fingerprint density at radius 1 is 0.879 bits per heavy atom. The summed E-state index contributed by atoms with van der Waals surface area (Å²) in [5.41, 5.74) is 0.478. The second-order valence-electron chi connectivity index (χ2n) is 7.34. The minimum Gasteiger partial charge on any atom is -0.493 e. The van der Waals surface area contributed by atoms with Crippen LogP contribution in [0.25, 0.3) is 0 Å². The van der Waals surface area contributed by atoms with E-state index in [-0.39, 0.29) is 18.7 Å². The third kappa shape index (κ3) is 6.03. The van der Waals surface area contributed by atoms with Gasteiger partial charge in [-0.15, -0.1) is 0 Å². The number of amides is 1. The van der Waals surface area contributed by atoms with Crippen LogP contribution in [-0.4, -0.2) is 31.6 Å². The van der Waals surface area contributed by atoms with Crippen LogP contribution in [0.2, 0.25) is 0 Å². The molecule has 8 heteroatoms. The summed E-state index contributed by atoms with van der Waals surface area (Å²) >= 11 is 0. The lowest BCUT2D eigenvalue weighted by Crippen LogP contribution is -2.33. The summed E-state index contributed by atoms with van der Waals surface area (Å²) in [4.78, 5) is 14.5. The summed E-state index contributed by atoms with van der Waals surface area (Å²) in [6, 6.07) is 15.5. The normalized spacial score (nSPS) is 11.2. The van der Waals surface area contributed by atoms with E-state index in [1.165, 1.54) is 49.5 Å². The monoisotopic (exact) mass is 461 g/mol. The van der Waals surface area contributed by atoms with Gasteiger partial charge in [0, 0.05) is 13.1 Å². The number of carbonyl (C=O) groups is 1. The molecule has 0 aromatic heterocycles. The number of benzene rings is 3. The molecule has 4 nitrogen and oxygen atoms in total. The molecule has 33 heavy (non-hydrogen) atoms. The highest BCUT2D eigenvalue weighted by Gasteiger charge is 2.30. The van der Waals surface area contributed by atoms with Crippen molar-refractivity contribution in [2.45, 2.75) is 19.1 Å². The van der Waals surface area contributed by atoms with Crippen molar-refractivity contribution in [3.8, 4) is 11.5 Å². The van der Waals surface area contributed by atoms with Crippen LogP contribution < -0.4 is 9.47 Å². The van der Waals surface area contributed by atoms with Crippen LogP contribution in [0, 0.1) is 5.82 Å². The number of ether oxygens (including phenoxy) is 2. The van der Waals surface area contributed by atoms with Crippen molar-refractivity contribution in [1.29, 1.82) is 0 Å². The first-order valence-electron chi connectivity index (χ1n) is 10.1. The summed E-state index contributed by atoms with van der Waals surface area (Å²) in [5.74, 6) is -0.116. The van der Waals surface area contributed by atoms with Crippen LogP contribution in [0.4, 0.5) is 17.6 Å². The molecule has 1 amide bonds. The average Bonchev–Trinajstić information content (AvgIpc) is 2.81. The smallest absolute Gasteiger partial charge is 0.416 e. The van der Waals surface area contributed by atoms with Gasteiger partial charge in [-0.2, -0.15) is 13.2 Å². The quantitative estimate of drug-likeness (QED) is 0.401. The van der Waals surface area contributed by atoms with Crippen molar-refractivity contribution in [3.05, 3.63) is 94.8 Å². The Morgan fingerprint density at radius 3 is 2.12 bits per heavy atom. The van der Waals surface area contributed by atoms with Crippen LogP contribution in [0.5, 0.6) is 11.5 Å². The number of hydrogen-bond donors (Lipinski definition) is 0. The zero-order valence-electron chi connectivity index (χ0n) is 18.2. The molecule has 0 spiro atoms. The van der Waals surface area contributed by atoms with Gasteiger partial charge in [-0.05, 0) is 53.9 Å². The van der Waals surface area contributed by atoms with E-state index in [1.54, 1.807) is 18.2 Å². The third-order valence-corrected chi connectivity index (χ3v) is 5.16. The predicted octanol–water partition coefficient (Wildman–Crippen LogP) is 5.75. The zero-order chi connectivity index (χ0) is 24.0. The molecule has 0 fully saturated rings. The van der Waals surface area contributed by atoms with Gasteiger partial charge in [-0.3, -0.25) is 4.79 Å². The maximum absolute atomic E-state index is 14.3. The van der Waals surface area contributed by atoms with Crippen molar-refractivity contribution in [1.82, 2.24) is 4.90 Å². The van der Waals surface area contributed by atoms with E-state index in [9.17, 15) is 22.4 Å². The van der Waals surface area contributed by atoms with Crippen molar-refractivity contribution in [2.75, 3.05) is 20.8 Å². The fraction of sp³-hybridized carbons (Fsp3) is 0.240. The minimum absolute atomic E-state index is 0.0264. The summed E-state index contributed by atoms with van der Waals surface area (Å²) in [7, 11) is 3.04. The van der Waals surface area contributed by atoms with E-state index < -0.39 is 23.5 Å². The zero-order valence-corrected chi connectivity index (χ0v) is 18.2. The predicted molar refractivity (Wildman–Crippen MR) is 116 cm³/mol. The van der Waals surface area contributed by atoms with Gasteiger partial charge in [-0.25, -0.2) is 4.39 Å². The fourth-order valence-corrected chi connectivity index (χ4v) is 3.38. The molecule has 0 N–H and O–H groups in total. The maximum atomic E-state index is 14.3. The second-order valence-corrected chi connectivity index (χ2v) is 7.34. The lowest BCUT2D eigenvalue weighted by atomic mass is 10.1. The molecule has 0 aliphatic carbocycles. The Hall–Kier alpha value is -3.55. The summed E-state index contributed by atoms with van der Waals surface area (Å²) in [6.07, 6.45) is -4.03. The summed E-state index contributed by atoms with van der Waals surface area (Å²) in [5, 5.41) is 0. The molecule has 0 aliphatic heterocycles. The first-order chi connectivity index (χ1) is 15.7. The van der Waals surface area contributed by atoms with Crippen LogP contribution in [0.15, 0.2) is 66.7 Å². The lowest BCUT2D eigenvalue weighted by Gasteiger charge is -2.24. The summed E-state index contributed by atoms with van der Waals surface area (Å²) in [6.45, 7) is 0.238. The van der Waals surface area contributed by atoms with Crippen molar-refractivity contribution in [2.24, 2.45) is 0 Å². The molecule has 3 aromatic rings. The van der Waals surface area contributed by atoms with E-state index in [4.69, 9.17) is 9.47 Å². The Kier molecular flexibility index (Phi) is 7.58. The van der Waals surface area contributed by atoms with Gasteiger partial charge < -0.3 is 14.4 Å². The maximum Gasteiger partial charge on any atom is 0.416 e. The van der Waals surface area contributed by atoms with Gasteiger partial charge >= 0.3 is 6.18 Å². The molecule has 3 aromatic carbocycles. The SMILES string of the molecule is COc1ccc(CCN(Cc2ccc(C(F)(F)F)cc2)C(=O)c2ccccc2F)cc1OC. The van der Waals surface area contributed by atoms with Gasteiger partial charge in [0.2, 0.25) is 0 Å². The van der Waals surface area contributed by atoms with Gasteiger partial charge in [0.1, 0.15) is 5.82 Å². The largest absolute Gasteiger partial charge is 0.493 e. The molecule has 0 heterocycles. The van der Waals surface area contributed by atoms with Crippen LogP contribution in [0.1, 0.15) is 27.0 Å². The minimum atomic E-state index is -4.45. The fourth-order valence-electron chi connectivity index (χ4n) is 3.38. The molecule has 0 bridgehead atoms. The van der Waals surface area contributed by atoms with Gasteiger partial charge in [0.15, 0.2) is 11.5 Å². The van der Waals surface area contributed by atoms with E-state index in [0.717, 1.165) is 17.7 Å². The van der Waals surface area contributed by atoms with Gasteiger partial charge in [-0.1, -0.05) is 30.3 Å². The van der Waals surface area contributed by atoms with E-state index >= 15 is 0 Å². The van der Waals surface area contributed by atoms with Crippen LogP contribution >= 0.6 is 0 Å². The Labute approximate surface area is 189 Å². The number of nitrogens with zero attached hydrogens (tertiary/aromatic N) is 1. The number of rotatable bonds is 8. The molecule has 3 rings (SSSR count). The Bertz CT molecular complexity index is 1100. The van der Waals surface area contributed by atoms with E-state index in [0.29, 0.717) is 23.5 Å². The highest BCUT2D eigenvalue weighted by molar-refractivity contribution is 5.94. The van der Waals surface area contributed by atoms with E-state index in [2.05, 4.69) is 0 Å². The molecule has 0 aliphatic rings. The standard InChI is InChI=1S/C25H23F4NO3/c1-32-22-12-9-17(15-23(22)33-2)13-14-30(24(31)20-5-3-4-6-21(20)26)16-18-7-10-19(11-8-18)25(27,28)29/h3-12,15H,13-14,16H2,1-2H3. The highest BCUT2D eigenvalue weighted by Crippen LogP contribution is 2.30. The molecule has 0 atom stereocenters. The number of methoxy groups -OCH3 is 2. The molecule has 0 saturated carbocycles. The van der Waals surface area contributed by atoms with Crippen molar-refractivity contribution < 1.29 is 31.8 Å². The number of hydrogen-bond acceptors (Lipinski definition) is 3. The third-order valence-electron chi connectivity index (χ3n) is 5.16. The van der Waals surface area contributed by atoms with Crippen LogP contribution in [-0.2, 0) is 19.1 Å². The molecular weight excluding hydrogens is 438 g/mol. The number of alkyl halides is 3. The molecule has 0 unspecified atom stereocenters. The Balaban J connectivity index is 1.84.